The zero-order valence-electron chi connectivity index (χ0n) is 10.1. The van der Waals surface area contributed by atoms with Gasteiger partial charge in [-0.2, -0.15) is 0 Å². The summed E-state index contributed by atoms with van der Waals surface area (Å²) in [6.07, 6.45) is 0. The van der Waals surface area contributed by atoms with Crippen molar-refractivity contribution in [3.05, 3.63) is 35.4 Å². The molecule has 0 spiro atoms. The van der Waals surface area contributed by atoms with E-state index in [1.165, 1.54) is 0 Å². The molecule has 94 valence electrons. The smallest absolute Gasteiger partial charge is 0.323 e. The molecule has 0 unspecified atom stereocenters. The zero-order chi connectivity index (χ0) is 13.5. The van der Waals surface area contributed by atoms with E-state index < -0.39 is 29.7 Å². The Morgan fingerprint density at radius 3 is 2.50 bits per heavy atom. The number of carboxylic acids is 1. The first-order chi connectivity index (χ1) is 8.35. The van der Waals surface area contributed by atoms with Crippen molar-refractivity contribution in [1.82, 2.24) is 4.90 Å². The second-order valence-electron chi connectivity index (χ2n) is 4.76. The lowest BCUT2D eigenvalue weighted by Gasteiger charge is -2.36. The third kappa shape index (κ3) is 1.68. The number of imide groups is 1. The number of fused-ring (bicyclic) bond motifs is 1. The maximum atomic E-state index is 12.2. The van der Waals surface area contributed by atoms with E-state index in [4.69, 9.17) is 5.11 Å². The summed E-state index contributed by atoms with van der Waals surface area (Å²) < 4.78 is 0. The molecule has 1 aliphatic heterocycles. The molecule has 0 bridgehead atoms. The predicted molar refractivity (Wildman–Crippen MR) is 63.1 cm³/mol. The van der Waals surface area contributed by atoms with E-state index in [-0.39, 0.29) is 0 Å². The summed E-state index contributed by atoms with van der Waals surface area (Å²) in [6.45, 7) is 2.78. The van der Waals surface area contributed by atoms with Gasteiger partial charge in [0, 0.05) is 5.56 Å². The minimum atomic E-state index is -1.20. The van der Waals surface area contributed by atoms with Crippen LogP contribution in [-0.2, 0) is 15.0 Å². The number of carbonyl (C=O) groups is 3. The van der Waals surface area contributed by atoms with Gasteiger partial charge in [0.2, 0.25) is 5.91 Å². The Morgan fingerprint density at radius 2 is 1.89 bits per heavy atom. The average molecular weight is 247 g/mol. The van der Waals surface area contributed by atoms with Crippen molar-refractivity contribution in [1.29, 1.82) is 0 Å². The number of nitrogens with zero attached hydrogens (tertiary/aromatic N) is 1. The SMILES string of the molecule is CC1(C)C(=O)N(CC(=O)O)C(=O)c2ccccc21. The van der Waals surface area contributed by atoms with E-state index in [2.05, 4.69) is 0 Å². The highest BCUT2D eigenvalue weighted by atomic mass is 16.4. The first kappa shape index (κ1) is 12.3. The van der Waals surface area contributed by atoms with E-state index in [0.29, 0.717) is 11.1 Å². The molecule has 0 aliphatic carbocycles. The standard InChI is InChI=1S/C13H13NO4/c1-13(2)9-6-4-3-5-8(9)11(17)14(12(13)18)7-10(15)16/h3-6H,7H2,1-2H3,(H,15,16). The normalized spacial score (nSPS) is 17.6. The van der Waals surface area contributed by atoms with E-state index in [0.717, 1.165) is 4.90 Å². The van der Waals surface area contributed by atoms with Gasteiger partial charge in [0.15, 0.2) is 0 Å². The Morgan fingerprint density at radius 1 is 1.28 bits per heavy atom. The first-order valence-electron chi connectivity index (χ1n) is 5.53. The van der Waals surface area contributed by atoms with Crippen molar-refractivity contribution in [2.24, 2.45) is 0 Å². The lowest BCUT2D eigenvalue weighted by Crippen LogP contribution is -2.53. The summed E-state index contributed by atoms with van der Waals surface area (Å²) in [5.74, 6) is -2.22. The second kappa shape index (κ2) is 3.94. The fourth-order valence-corrected chi connectivity index (χ4v) is 2.18. The average Bonchev–Trinajstić information content (AvgIpc) is 2.32. The summed E-state index contributed by atoms with van der Waals surface area (Å²) >= 11 is 0. The fourth-order valence-electron chi connectivity index (χ4n) is 2.18. The summed E-state index contributed by atoms with van der Waals surface area (Å²) in [4.78, 5) is 35.8. The molecule has 0 aromatic heterocycles. The predicted octanol–water partition coefficient (Wildman–Crippen LogP) is 1.03. The molecule has 5 nitrogen and oxygen atoms in total. The van der Waals surface area contributed by atoms with E-state index >= 15 is 0 Å². The summed E-state index contributed by atoms with van der Waals surface area (Å²) in [5.41, 5.74) is 0.143. The molecule has 1 aliphatic rings. The minimum Gasteiger partial charge on any atom is -0.480 e. The van der Waals surface area contributed by atoms with Crippen LogP contribution in [0.3, 0.4) is 0 Å². The van der Waals surface area contributed by atoms with Crippen LogP contribution >= 0.6 is 0 Å². The van der Waals surface area contributed by atoms with Crippen molar-refractivity contribution in [2.45, 2.75) is 19.3 Å². The zero-order valence-corrected chi connectivity index (χ0v) is 10.1. The maximum absolute atomic E-state index is 12.2. The molecule has 2 amide bonds. The number of carbonyl (C=O) groups excluding carboxylic acids is 2. The highest BCUT2D eigenvalue weighted by Gasteiger charge is 2.44. The van der Waals surface area contributed by atoms with Crippen molar-refractivity contribution < 1.29 is 19.5 Å². The van der Waals surface area contributed by atoms with Crippen LogP contribution in [0.15, 0.2) is 24.3 Å². The van der Waals surface area contributed by atoms with Crippen LogP contribution in [0, 0.1) is 0 Å². The first-order valence-corrected chi connectivity index (χ1v) is 5.53. The Kier molecular flexibility index (Phi) is 2.69. The molecule has 1 aromatic carbocycles. The van der Waals surface area contributed by atoms with Gasteiger partial charge in [-0.05, 0) is 25.5 Å². The van der Waals surface area contributed by atoms with Gasteiger partial charge in [-0.1, -0.05) is 18.2 Å². The number of amides is 2. The van der Waals surface area contributed by atoms with Crippen LogP contribution in [0.2, 0.25) is 0 Å². The fraction of sp³-hybridized carbons (Fsp3) is 0.308. The van der Waals surface area contributed by atoms with E-state index in [9.17, 15) is 14.4 Å². The molecule has 0 radical (unpaired) electrons. The Labute approximate surface area is 104 Å². The molecule has 2 rings (SSSR count). The van der Waals surface area contributed by atoms with Gasteiger partial charge in [-0.15, -0.1) is 0 Å². The Balaban J connectivity index is 2.57. The molecule has 18 heavy (non-hydrogen) atoms. The maximum Gasteiger partial charge on any atom is 0.323 e. The van der Waals surface area contributed by atoms with Gasteiger partial charge >= 0.3 is 5.97 Å². The molecule has 0 fully saturated rings. The number of hydrogen-bond acceptors (Lipinski definition) is 3. The molecule has 0 saturated heterocycles. The summed E-state index contributed by atoms with van der Waals surface area (Å²) in [6, 6.07) is 6.79. The van der Waals surface area contributed by atoms with Crippen LogP contribution in [0.25, 0.3) is 0 Å². The topological polar surface area (TPSA) is 74.7 Å². The molecule has 1 heterocycles. The number of aliphatic carboxylic acids is 1. The summed E-state index contributed by atoms with van der Waals surface area (Å²) in [5, 5.41) is 8.77. The Hall–Kier alpha value is -2.17. The van der Waals surface area contributed by atoms with Gasteiger partial charge in [0.05, 0.1) is 5.41 Å². The van der Waals surface area contributed by atoms with Crippen LogP contribution in [0.5, 0.6) is 0 Å². The van der Waals surface area contributed by atoms with Gasteiger partial charge in [-0.25, -0.2) is 0 Å². The van der Waals surface area contributed by atoms with Crippen molar-refractivity contribution in [2.75, 3.05) is 6.54 Å². The monoisotopic (exact) mass is 247 g/mol. The largest absolute Gasteiger partial charge is 0.480 e. The van der Waals surface area contributed by atoms with Crippen LogP contribution < -0.4 is 0 Å². The molecular weight excluding hydrogens is 234 g/mol. The number of carboxylic acid groups (broad SMARTS) is 1. The number of rotatable bonds is 2. The van der Waals surface area contributed by atoms with Crippen molar-refractivity contribution in [3.8, 4) is 0 Å². The van der Waals surface area contributed by atoms with Crippen LogP contribution in [-0.4, -0.2) is 34.3 Å². The molecule has 5 heteroatoms. The third-order valence-electron chi connectivity index (χ3n) is 3.15. The van der Waals surface area contributed by atoms with Crippen LogP contribution in [0.1, 0.15) is 29.8 Å². The van der Waals surface area contributed by atoms with Crippen molar-refractivity contribution in [3.63, 3.8) is 0 Å². The lowest BCUT2D eigenvalue weighted by atomic mass is 9.77. The highest BCUT2D eigenvalue weighted by molar-refractivity contribution is 6.14. The molecular formula is C13H13NO4. The molecule has 0 atom stereocenters. The minimum absolute atomic E-state index is 0.392. The Bertz CT molecular complexity index is 548. The quantitative estimate of drug-likeness (QED) is 0.792. The molecule has 1 N–H and O–H groups in total. The lowest BCUT2D eigenvalue weighted by molar-refractivity contribution is -0.144. The number of hydrogen-bond donors (Lipinski definition) is 1. The third-order valence-corrected chi connectivity index (χ3v) is 3.15. The summed E-state index contributed by atoms with van der Waals surface area (Å²) in [7, 11) is 0. The van der Waals surface area contributed by atoms with Crippen LogP contribution in [0.4, 0.5) is 0 Å². The van der Waals surface area contributed by atoms with Gasteiger partial charge in [-0.3, -0.25) is 19.3 Å². The number of benzene rings is 1. The second-order valence-corrected chi connectivity index (χ2v) is 4.76. The van der Waals surface area contributed by atoms with Gasteiger partial charge in [0.1, 0.15) is 6.54 Å². The van der Waals surface area contributed by atoms with Crippen molar-refractivity contribution >= 4 is 17.8 Å². The molecule has 0 saturated carbocycles. The van der Waals surface area contributed by atoms with Gasteiger partial charge in [0.25, 0.3) is 5.91 Å². The van der Waals surface area contributed by atoms with E-state index in [1.54, 1.807) is 38.1 Å². The van der Waals surface area contributed by atoms with E-state index in [1.807, 2.05) is 0 Å². The van der Waals surface area contributed by atoms with Gasteiger partial charge < -0.3 is 5.11 Å². The molecule has 1 aromatic rings. The highest BCUT2D eigenvalue weighted by Crippen LogP contribution is 2.33.